The van der Waals surface area contributed by atoms with E-state index in [9.17, 15) is 13.2 Å². The Morgan fingerprint density at radius 1 is 0.969 bits per heavy atom. The Bertz CT molecular complexity index is 1370. The summed E-state index contributed by atoms with van der Waals surface area (Å²) in [6.45, 7) is 6.16. The number of benzene rings is 3. The number of carbonyl (C=O) groups excluding carboxylic acids is 1. The molecule has 0 aliphatic carbocycles. The van der Waals surface area contributed by atoms with Gasteiger partial charge in [-0.2, -0.15) is 0 Å². The van der Waals surface area contributed by atoms with Gasteiger partial charge >= 0.3 is 0 Å². The topological polar surface area (TPSA) is 88.2 Å². The molecule has 0 radical (unpaired) electrons. The van der Waals surface area contributed by atoms with Gasteiger partial charge in [0.2, 0.25) is 0 Å². The first kappa shape index (κ1) is 22.0. The Morgan fingerprint density at radius 2 is 1.66 bits per heavy atom. The van der Waals surface area contributed by atoms with E-state index in [1.165, 1.54) is 16.9 Å². The fourth-order valence-corrected chi connectivity index (χ4v) is 5.11. The van der Waals surface area contributed by atoms with Crippen LogP contribution in [0.15, 0.2) is 71.6 Å². The third-order valence-electron chi connectivity index (χ3n) is 5.03. The zero-order valence-electron chi connectivity index (χ0n) is 17.9. The second kappa shape index (κ2) is 8.72. The van der Waals surface area contributed by atoms with Crippen LogP contribution in [0.1, 0.15) is 41.3 Å². The fourth-order valence-electron chi connectivity index (χ4n) is 3.14. The Kier molecular flexibility index (Phi) is 5.99. The van der Waals surface area contributed by atoms with E-state index >= 15 is 0 Å². The highest BCUT2D eigenvalue weighted by atomic mass is 32.2. The molecule has 1 amide bonds. The van der Waals surface area contributed by atoms with Crippen LogP contribution in [0.2, 0.25) is 0 Å². The lowest BCUT2D eigenvalue weighted by Crippen LogP contribution is -2.14. The molecule has 1 aromatic heterocycles. The van der Waals surface area contributed by atoms with Crippen LogP contribution in [0.5, 0.6) is 0 Å². The average Bonchev–Trinajstić information content (AvgIpc) is 3.15. The maximum absolute atomic E-state index is 12.6. The highest BCUT2D eigenvalue weighted by Crippen LogP contribution is 2.29. The van der Waals surface area contributed by atoms with Crippen LogP contribution in [0.25, 0.3) is 10.2 Å². The summed E-state index contributed by atoms with van der Waals surface area (Å²) in [6.07, 6.45) is 0. The smallest absolute Gasteiger partial charge is 0.261 e. The molecule has 4 aromatic rings. The van der Waals surface area contributed by atoms with Gasteiger partial charge in [0.05, 0.1) is 15.1 Å². The van der Waals surface area contributed by atoms with Gasteiger partial charge in [-0.25, -0.2) is 13.4 Å². The summed E-state index contributed by atoms with van der Waals surface area (Å²) in [5, 5.41) is 3.35. The molecule has 1 heterocycles. The molecular formula is C24H23N3O3S2. The van der Waals surface area contributed by atoms with E-state index in [1.54, 1.807) is 48.5 Å². The number of carbonyl (C=O) groups is 1. The van der Waals surface area contributed by atoms with Gasteiger partial charge in [-0.15, -0.1) is 0 Å². The minimum Gasteiger partial charge on any atom is -0.298 e. The molecule has 8 heteroatoms. The van der Waals surface area contributed by atoms with E-state index in [0.717, 1.165) is 15.8 Å². The number of aryl methyl sites for hydroxylation is 1. The van der Waals surface area contributed by atoms with Gasteiger partial charge < -0.3 is 0 Å². The lowest BCUT2D eigenvalue weighted by Gasteiger charge is -2.09. The second-order valence-corrected chi connectivity index (χ2v) is 10.6. The highest BCUT2D eigenvalue weighted by molar-refractivity contribution is 7.92. The van der Waals surface area contributed by atoms with Crippen molar-refractivity contribution in [3.8, 4) is 0 Å². The molecule has 0 saturated heterocycles. The lowest BCUT2D eigenvalue weighted by atomic mass is 10.0. The number of amides is 1. The molecular weight excluding hydrogens is 442 g/mol. The maximum Gasteiger partial charge on any atom is 0.261 e. The highest BCUT2D eigenvalue weighted by Gasteiger charge is 2.15. The van der Waals surface area contributed by atoms with Crippen LogP contribution in [0.3, 0.4) is 0 Å². The van der Waals surface area contributed by atoms with E-state index in [2.05, 4.69) is 41.0 Å². The van der Waals surface area contributed by atoms with Gasteiger partial charge in [0.15, 0.2) is 5.13 Å². The van der Waals surface area contributed by atoms with Crippen LogP contribution >= 0.6 is 11.3 Å². The number of fused-ring (bicyclic) bond motifs is 1. The van der Waals surface area contributed by atoms with Gasteiger partial charge in [0.25, 0.3) is 15.9 Å². The van der Waals surface area contributed by atoms with E-state index in [-0.39, 0.29) is 10.8 Å². The number of nitrogens with zero attached hydrogens (tertiary/aromatic N) is 1. The predicted octanol–water partition coefficient (Wildman–Crippen LogP) is 5.78. The van der Waals surface area contributed by atoms with Crippen molar-refractivity contribution in [3.05, 3.63) is 83.4 Å². The summed E-state index contributed by atoms with van der Waals surface area (Å²) in [5.41, 5.74) is 3.83. The van der Waals surface area contributed by atoms with Crippen molar-refractivity contribution in [1.29, 1.82) is 0 Å². The normalized spacial score (nSPS) is 11.6. The number of hydrogen-bond donors (Lipinski definition) is 2. The molecule has 0 aliphatic rings. The number of aromatic nitrogens is 1. The first-order valence-corrected chi connectivity index (χ1v) is 12.4. The van der Waals surface area contributed by atoms with Gasteiger partial charge in [-0.1, -0.05) is 48.9 Å². The molecule has 6 nitrogen and oxygen atoms in total. The van der Waals surface area contributed by atoms with Crippen molar-refractivity contribution in [2.24, 2.45) is 0 Å². The third kappa shape index (κ3) is 4.81. The Morgan fingerprint density at radius 3 is 2.31 bits per heavy atom. The summed E-state index contributed by atoms with van der Waals surface area (Å²) in [6, 6.07) is 19.0. The largest absolute Gasteiger partial charge is 0.298 e. The fraction of sp³-hybridized carbons (Fsp3) is 0.167. The first-order valence-electron chi connectivity index (χ1n) is 10.1. The van der Waals surface area contributed by atoms with E-state index in [0.29, 0.717) is 22.3 Å². The van der Waals surface area contributed by atoms with Crippen molar-refractivity contribution in [3.63, 3.8) is 0 Å². The molecule has 0 atom stereocenters. The van der Waals surface area contributed by atoms with Gasteiger partial charge in [0, 0.05) is 11.3 Å². The zero-order valence-corrected chi connectivity index (χ0v) is 19.5. The molecule has 0 fully saturated rings. The van der Waals surface area contributed by atoms with Crippen molar-refractivity contribution in [1.82, 2.24) is 4.98 Å². The minimum absolute atomic E-state index is 0.182. The van der Waals surface area contributed by atoms with Gasteiger partial charge in [-0.3, -0.25) is 14.8 Å². The van der Waals surface area contributed by atoms with E-state index < -0.39 is 10.0 Å². The molecule has 0 unspecified atom stereocenters. The van der Waals surface area contributed by atoms with Crippen molar-refractivity contribution in [2.45, 2.75) is 31.6 Å². The Labute approximate surface area is 191 Å². The number of rotatable bonds is 6. The lowest BCUT2D eigenvalue weighted by molar-refractivity contribution is 0.102. The van der Waals surface area contributed by atoms with Crippen LogP contribution in [-0.4, -0.2) is 19.3 Å². The van der Waals surface area contributed by atoms with Crippen molar-refractivity contribution in [2.75, 3.05) is 10.0 Å². The van der Waals surface area contributed by atoms with Crippen LogP contribution in [-0.2, 0) is 10.0 Å². The number of thiazole rings is 1. The van der Waals surface area contributed by atoms with Crippen molar-refractivity contribution < 1.29 is 13.2 Å². The molecule has 164 valence electrons. The summed E-state index contributed by atoms with van der Waals surface area (Å²) in [7, 11) is -3.70. The van der Waals surface area contributed by atoms with E-state index in [4.69, 9.17) is 0 Å². The quantitative estimate of drug-likeness (QED) is 0.378. The number of sulfonamides is 1. The molecule has 0 bridgehead atoms. The standard InChI is InChI=1S/C24H23N3O3S2/c1-15(2)18-8-13-21-22(14-18)31-24(25-21)26-23(28)17-6-9-19(10-7-17)27-32(29,30)20-11-4-16(3)5-12-20/h4-15,27H,1-3H3,(H,25,26,28). The van der Waals surface area contributed by atoms with Crippen LogP contribution in [0, 0.1) is 6.92 Å². The summed E-state index contributed by atoms with van der Waals surface area (Å²) in [5.74, 6) is 0.113. The maximum atomic E-state index is 12.6. The van der Waals surface area contributed by atoms with Crippen molar-refractivity contribution >= 4 is 48.3 Å². The first-order chi connectivity index (χ1) is 15.2. The Hall–Kier alpha value is -3.23. The number of hydrogen-bond acceptors (Lipinski definition) is 5. The summed E-state index contributed by atoms with van der Waals surface area (Å²) < 4.78 is 28.6. The summed E-state index contributed by atoms with van der Waals surface area (Å²) in [4.78, 5) is 17.3. The molecule has 0 aliphatic heterocycles. The van der Waals surface area contributed by atoms with Crippen LogP contribution in [0.4, 0.5) is 10.8 Å². The minimum atomic E-state index is -3.70. The molecule has 2 N–H and O–H groups in total. The molecule has 32 heavy (non-hydrogen) atoms. The predicted molar refractivity (Wildman–Crippen MR) is 130 cm³/mol. The van der Waals surface area contributed by atoms with Gasteiger partial charge in [-0.05, 0) is 66.9 Å². The van der Waals surface area contributed by atoms with E-state index in [1.807, 2.05) is 13.0 Å². The monoisotopic (exact) mass is 465 g/mol. The molecule has 4 rings (SSSR count). The third-order valence-corrected chi connectivity index (χ3v) is 7.36. The number of anilines is 2. The van der Waals surface area contributed by atoms with Crippen LogP contribution < -0.4 is 10.0 Å². The molecule has 3 aromatic carbocycles. The zero-order chi connectivity index (χ0) is 22.9. The molecule has 0 saturated carbocycles. The average molecular weight is 466 g/mol. The second-order valence-electron chi connectivity index (χ2n) is 7.85. The van der Waals surface area contributed by atoms with Gasteiger partial charge in [0.1, 0.15) is 0 Å². The number of nitrogens with one attached hydrogen (secondary N) is 2. The molecule has 0 spiro atoms. The Balaban J connectivity index is 1.46. The SMILES string of the molecule is Cc1ccc(S(=O)(=O)Nc2ccc(C(=O)Nc3nc4ccc(C(C)C)cc4s3)cc2)cc1. The summed E-state index contributed by atoms with van der Waals surface area (Å²) >= 11 is 1.43.